The second kappa shape index (κ2) is 5.63. The quantitative estimate of drug-likeness (QED) is 0.928. The van der Waals surface area contributed by atoms with Crippen LogP contribution in [0.4, 0.5) is 0 Å². The number of aromatic nitrogens is 1. The summed E-state index contributed by atoms with van der Waals surface area (Å²) in [5.41, 5.74) is 3.79. The van der Waals surface area contributed by atoms with Crippen LogP contribution in [0.1, 0.15) is 29.7 Å². The first kappa shape index (κ1) is 13.1. The van der Waals surface area contributed by atoms with E-state index in [2.05, 4.69) is 42.3 Å². The Morgan fingerprint density at radius 2 is 2.15 bits per heavy atom. The van der Waals surface area contributed by atoms with E-state index in [0.29, 0.717) is 12.0 Å². The third kappa shape index (κ3) is 2.54. The van der Waals surface area contributed by atoms with Gasteiger partial charge in [0.1, 0.15) is 5.75 Å². The molecule has 0 aliphatic carbocycles. The van der Waals surface area contributed by atoms with Crippen LogP contribution in [-0.2, 0) is 6.54 Å². The molecule has 1 aliphatic rings. The molecule has 0 spiro atoms. The molecule has 2 heterocycles. The van der Waals surface area contributed by atoms with Crippen molar-refractivity contribution in [2.45, 2.75) is 26.4 Å². The first-order valence-electron chi connectivity index (χ1n) is 7.10. The van der Waals surface area contributed by atoms with Crippen LogP contribution >= 0.6 is 0 Å². The van der Waals surface area contributed by atoms with Gasteiger partial charge in [0.25, 0.3) is 0 Å². The molecule has 2 unspecified atom stereocenters. The van der Waals surface area contributed by atoms with Crippen LogP contribution in [-0.4, -0.2) is 11.6 Å². The van der Waals surface area contributed by atoms with Crippen molar-refractivity contribution < 1.29 is 4.74 Å². The lowest BCUT2D eigenvalue weighted by molar-refractivity contribution is 0.188. The molecule has 1 aromatic heterocycles. The highest BCUT2D eigenvalue weighted by Gasteiger charge is 2.27. The zero-order valence-electron chi connectivity index (χ0n) is 12.0. The normalized spacial score (nSPS) is 21.1. The van der Waals surface area contributed by atoms with E-state index in [9.17, 15) is 0 Å². The largest absolute Gasteiger partial charge is 0.493 e. The van der Waals surface area contributed by atoms with E-state index in [1.54, 1.807) is 0 Å². The van der Waals surface area contributed by atoms with E-state index < -0.39 is 0 Å². The van der Waals surface area contributed by atoms with Crippen LogP contribution < -0.4 is 10.1 Å². The molecule has 1 aliphatic heterocycles. The first-order valence-corrected chi connectivity index (χ1v) is 7.10. The number of ether oxygens (including phenoxy) is 1. The van der Waals surface area contributed by atoms with Crippen molar-refractivity contribution in [1.29, 1.82) is 0 Å². The van der Waals surface area contributed by atoms with Gasteiger partial charge in [-0.25, -0.2) is 0 Å². The molecule has 2 atom stereocenters. The predicted molar refractivity (Wildman–Crippen MR) is 79.7 cm³/mol. The Labute approximate surface area is 120 Å². The van der Waals surface area contributed by atoms with Crippen molar-refractivity contribution in [2.75, 3.05) is 6.61 Å². The Kier molecular flexibility index (Phi) is 3.70. The highest BCUT2D eigenvalue weighted by molar-refractivity contribution is 5.38. The summed E-state index contributed by atoms with van der Waals surface area (Å²) in [6.45, 7) is 5.96. The van der Waals surface area contributed by atoms with Crippen molar-refractivity contribution in [3.8, 4) is 5.75 Å². The summed E-state index contributed by atoms with van der Waals surface area (Å²) in [6.07, 6.45) is 3.77. The SMILES string of the molecule is Cc1cnccc1CNC1c2ccccc2OCC1C. The minimum Gasteiger partial charge on any atom is -0.493 e. The van der Waals surface area contributed by atoms with Crippen molar-refractivity contribution >= 4 is 0 Å². The molecule has 3 rings (SSSR count). The number of nitrogens with zero attached hydrogens (tertiary/aromatic N) is 1. The highest BCUT2D eigenvalue weighted by atomic mass is 16.5. The average molecular weight is 268 g/mol. The molecule has 3 nitrogen and oxygen atoms in total. The Morgan fingerprint density at radius 3 is 3.00 bits per heavy atom. The molecule has 0 saturated carbocycles. The van der Waals surface area contributed by atoms with Gasteiger partial charge in [0.2, 0.25) is 0 Å². The molecule has 1 N–H and O–H groups in total. The van der Waals surface area contributed by atoms with E-state index in [0.717, 1.165) is 18.9 Å². The van der Waals surface area contributed by atoms with Crippen molar-refractivity contribution in [2.24, 2.45) is 5.92 Å². The van der Waals surface area contributed by atoms with Crippen LogP contribution in [0.2, 0.25) is 0 Å². The number of benzene rings is 1. The van der Waals surface area contributed by atoms with Crippen LogP contribution in [0.15, 0.2) is 42.7 Å². The lowest BCUT2D eigenvalue weighted by Gasteiger charge is -2.32. The molecule has 104 valence electrons. The number of fused-ring (bicyclic) bond motifs is 1. The molecule has 2 aromatic rings. The smallest absolute Gasteiger partial charge is 0.124 e. The number of hydrogen-bond acceptors (Lipinski definition) is 3. The molecular formula is C17H20N2O. The summed E-state index contributed by atoms with van der Waals surface area (Å²) in [5.74, 6) is 1.47. The number of nitrogens with one attached hydrogen (secondary N) is 1. The second-order valence-corrected chi connectivity index (χ2v) is 5.49. The number of pyridine rings is 1. The minimum absolute atomic E-state index is 0.340. The maximum atomic E-state index is 5.79. The van der Waals surface area contributed by atoms with Gasteiger partial charge in [0, 0.05) is 36.5 Å². The number of aryl methyl sites for hydroxylation is 1. The van der Waals surface area contributed by atoms with Gasteiger partial charge in [-0.2, -0.15) is 0 Å². The molecule has 0 amide bonds. The van der Waals surface area contributed by atoms with E-state index in [1.807, 2.05) is 24.5 Å². The molecular weight excluding hydrogens is 248 g/mol. The fourth-order valence-electron chi connectivity index (χ4n) is 2.72. The van der Waals surface area contributed by atoms with E-state index >= 15 is 0 Å². The third-order valence-electron chi connectivity index (χ3n) is 3.97. The van der Waals surface area contributed by atoms with E-state index in [-0.39, 0.29) is 0 Å². The number of rotatable bonds is 3. The summed E-state index contributed by atoms with van der Waals surface area (Å²) >= 11 is 0. The van der Waals surface area contributed by atoms with E-state index in [1.165, 1.54) is 16.7 Å². The maximum Gasteiger partial charge on any atom is 0.124 e. The van der Waals surface area contributed by atoms with Gasteiger partial charge in [-0.05, 0) is 30.2 Å². The molecule has 20 heavy (non-hydrogen) atoms. The topological polar surface area (TPSA) is 34.2 Å². The maximum absolute atomic E-state index is 5.79. The minimum atomic E-state index is 0.340. The Hall–Kier alpha value is -1.87. The van der Waals surface area contributed by atoms with Gasteiger partial charge in [-0.3, -0.25) is 4.98 Å². The van der Waals surface area contributed by atoms with Crippen molar-refractivity contribution in [1.82, 2.24) is 10.3 Å². The highest BCUT2D eigenvalue weighted by Crippen LogP contribution is 2.35. The lowest BCUT2D eigenvalue weighted by atomic mass is 9.92. The standard InChI is InChI=1S/C17H20N2O/c1-12-9-18-8-7-14(12)10-19-17-13(2)11-20-16-6-4-3-5-15(16)17/h3-9,13,17,19H,10-11H2,1-2H3. The van der Waals surface area contributed by atoms with Gasteiger partial charge in [0.15, 0.2) is 0 Å². The number of hydrogen-bond donors (Lipinski definition) is 1. The van der Waals surface area contributed by atoms with Gasteiger partial charge in [-0.1, -0.05) is 25.1 Å². The lowest BCUT2D eigenvalue weighted by Crippen LogP contribution is -2.33. The average Bonchev–Trinajstić information content (AvgIpc) is 2.48. The Bertz CT molecular complexity index is 597. The summed E-state index contributed by atoms with van der Waals surface area (Å²) in [4.78, 5) is 4.14. The third-order valence-corrected chi connectivity index (χ3v) is 3.97. The molecule has 3 heteroatoms. The monoisotopic (exact) mass is 268 g/mol. The molecule has 0 fully saturated rings. The van der Waals surface area contributed by atoms with Gasteiger partial charge < -0.3 is 10.1 Å². The molecule has 0 radical (unpaired) electrons. The Balaban J connectivity index is 1.79. The van der Waals surface area contributed by atoms with Crippen molar-refractivity contribution in [3.05, 3.63) is 59.4 Å². The van der Waals surface area contributed by atoms with Gasteiger partial charge >= 0.3 is 0 Å². The first-order chi connectivity index (χ1) is 9.75. The predicted octanol–water partition coefficient (Wildman–Crippen LogP) is 3.25. The molecule has 0 saturated heterocycles. The summed E-state index contributed by atoms with van der Waals surface area (Å²) in [6, 6.07) is 10.7. The van der Waals surface area contributed by atoms with Crippen LogP contribution in [0.3, 0.4) is 0 Å². The van der Waals surface area contributed by atoms with E-state index in [4.69, 9.17) is 4.74 Å². The summed E-state index contributed by atoms with van der Waals surface area (Å²) < 4.78 is 5.79. The van der Waals surface area contributed by atoms with Crippen LogP contribution in [0, 0.1) is 12.8 Å². The van der Waals surface area contributed by atoms with Crippen LogP contribution in [0.5, 0.6) is 5.75 Å². The van der Waals surface area contributed by atoms with Crippen molar-refractivity contribution in [3.63, 3.8) is 0 Å². The second-order valence-electron chi connectivity index (χ2n) is 5.49. The zero-order chi connectivity index (χ0) is 13.9. The summed E-state index contributed by atoms with van der Waals surface area (Å²) in [5, 5.41) is 3.68. The molecule has 1 aromatic carbocycles. The molecule has 0 bridgehead atoms. The fraction of sp³-hybridized carbons (Fsp3) is 0.353. The van der Waals surface area contributed by atoms with Gasteiger partial charge in [0.05, 0.1) is 6.61 Å². The number of para-hydroxylation sites is 1. The van der Waals surface area contributed by atoms with Gasteiger partial charge in [-0.15, -0.1) is 0 Å². The fourth-order valence-corrected chi connectivity index (χ4v) is 2.72. The van der Waals surface area contributed by atoms with Crippen LogP contribution in [0.25, 0.3) is 0 Å². The summed E-state index contributed by atoms with van der Waals surface area (Å²) in [7, 11) is 0. The Morgan fingerprint density at radius 1 is 1.30 bits per heavy atom. The zero-order valence-corrected chi connectivity index (χ0v) is 12.0.